The van der Waals surface area contributed by atoms with Gasteiger partial charge in [-0.3, -0.25) is 14.5 Å². The van der Waals surface area contributed by atoms with Crippen LogP contribution in [0, 0.1) is 0 Å². The molecule has 1 heterocycles. The second-order valence-corrected chi connectivity index (χ2v) is 4.43. The van der Waals surface area contributed by atoms with E-state index in [1.807, 2.05) is 4.90 Å². The molecular weight excluding hydrogens is 218 g/mol. The fourth-order valence-corrected chi connectivity index (χ4v) is 1.92. The molecule has 0 unspecified atom stereocenters. The molecule has 5 heteroatoms. The first-order valence-corrected chi connectivity index (χ1v) is 6.38. The predicted octanol–water partition coefficient (Wildman–Crippen LogP) is 0.0668. The third kappa shape index (κ3) is 4.73. The summed E-state index contributed by atoms with van der Waals surface area (Å²) in [5, 5.41) is 2.61. The molecule has 1 N–H and O–H groups in total. The minimum absolute atomic E-state index is 0.0377. The molecule has 17 heavy (non-hydrogen) atoms. The zero-order valence-electron chi connectivity index (χ0n) is 10.9. The third-order valence-electron chi connectivity index (χ3n) is 3.12. The molecule has 0 saturated carbocycles. The van der Waals surface area contributed by atoms with Gasteiger partial charge < -0.3 is 10.2 Å². The summed E-state index contributed by atoms with van der Waals surface area (Å²) in [5.41, 5.74) is 0. The van der Waals surface area contributed by atoms with Gasteiger partial charge in [-0.25, -0.2) is 0 Å². The normalized spacial score (nSPS) is 16.9. The number of amides is 2. The van der Waals surface area contributed by atoms with Gasteiger partial charge in [0.25, 0.3) is 0 Å². The van der Waals surface area contributed by atoms with E-state index in [0.29, 0.717) is 13.0 Å². The number of likely N-dealkylation sites (N-methyl/N-ethyl adjacent to an activating group) is 1. The molecular formula is C12H23N3O2. The Morgan fingerprint density at radius 2 is 1.82 bits per heavy atom. The van der Waals surface area contributed by atoms with Crippen molar-refractivity contribution in [3.63, 3.8) is 0 Å². The van der Waals surface area contributed by atoms with Crippen LogP contribution in [-0.2, 0) is 9.59 Å². The smallest absolute Gasteiger partial charge is 0.233 e. The predicted molar refractivity (Wildman–Crippen MR) is 66.6 cm³/mol. The number of unbranched alkanes of at least 4 members (excludes halogenated alkanes) is 1. The number of hydrogen-bond donors (Lipinski definition) is 1. The van der Waals surface area contributed by atoms with E-state index in [9.17, 15) is 9.59 Å². The standard InChI is InChI=1S/C12H23N3O2/c1-3-4-5-12(17)15-8-6-14(7-9-15)10-11(16)13-2/h3-10H2,1-2H3,(H,13,16). The fourth-order valence-electron chi connectivity index (χ4n) is 1.92. The molecule has 0 atom stereocenters. The van der Waals surface area contributed by atoms with Crippen molar-refractivity contribution in [1.82, 2.24) is 15.1 Å². The van der Waals surface area contributed by atoms with E-state index in [4.69, 9.17) is 0 Å². The zero-order chi connectivity index (χ0) is 12.7. The van der Waals surface area contributed by atoms with Crippen molar-refractivity contribution >= 4 is 11.8 Å². The highest BCUT2D eigenvalue weighted by Gasteiger charge is 2.21. The van der Waals surface area contributed by atoms with Crippen LogP contribution >= 0.6 is 0 Å². The number of rotatable bonds is 5. The van der Waals surface area contributed by atoms with Crippen molar-refractivity contribution in [3.05, 3.63) is 0 Å². The number of carbonyl (C=O) groups excluding carboxylic acids is 2. The molecule has 0 aromatic carbocycles. The van der Waals surface area contributed by atoms with E-state index < -0.39 is 0 Å². The average Bonchev–Trinajstić information content (AvgIpc) is 2.36. The lowest BCUT2D eigenvalue weighted by Gasteiger charge is -2.34. The first-order valence-electron chi connectivity index (χ1n) is 6.38. The maximum Gasteiger partial charge on any atom is 0.233 e. The van der Waals surface area contributed by atoms with Gasteiger partial charge in [0.15, 0.2) is 0 Å². The van der Waals surface area contributed by atoms with Crippen molar-refractivity contribution in [3.8, 4) is 0 Å². The van der Waals surface area contributed by atoms with Crippen LogP contribution in [0.5, 0.6) is 0 Å². The summed E-state index contributed by atoms with van der Waals surface area (Å²) in [6, 6.07) is 0. The monoisotopic (exact) mass is 241 g/mol. The van der Waals surface area contributed by atoms with Crippen LogP contribution < -0.4 is 5.32 Å². The maximum atomic E-state index is 11.8. The number of carbonyl (C=O) groups is 2. The van der Waals surface area contributed by atoms with E-state index in [1.165, 1.54) is 0 Å². The van der Waals surface area contributed by atoms with Crippen molar-refractivity contribution in [2.75, 3.05) is 39.8 Å². The van der Waals surface area contributed by atoms with Crippen molar-refractivity contribution in [2.24, 2.45) is 0 Å². The summed E-state index contributed by atoms with van der Waals surface area (Å²) in [6.07, 6.45) is 2.69. The number of nitrogens with one attached hydrogen (secondary N) is 1. The molecule has 2 amide bonds. The Morgan fingerprint density at radius 1 is 1.18 bits per heavy atom. The van der Waals surface area contributed by atoms with Crippen molar-refractivity contribution < 1.29 is 9.59 Å². The highest BCUT2D eigenvalue weighted by atomic mass is 16.2. The molecule has 0 aliphatic carbocycles. The van der Waals surface area contributed by atoms with Gasteiger partial charge in [0.2, 0.25) is 11.8 Å². The van der Waals surface area contributed by atoms with Gasteiger partial charge in [-0.05, 0) is 6.42 Å². The van der Waals surface area contributed by atoms with Gasteiger partial charge >= 0.3 is 0 Å². The molecule has 98 valence electrons. The van der Waals surface area contributed by atoms with E-state index >= 15 is 0 Å². The number of nitrogens with zero attached hydrogens (tertiary/aromatic N) is 2. The lowest BCUT2D eigenvalue weighted by atomic mass is 10.2. The van der Waals surface area contributed by atoms with Crippen LogP contribution in [0.15, 0.2) is 0 Å². The topological polar surface area (TPSA) is 52.7 Å². The summed E-state index contributed by atoms with van der Waals surface area (Å²) in [7, 11) is 1.65. The molecule has 0 spiro atoms. The largest absolute Gasteiger partial charge is 0.358 e. The Bertz CT molecular complexity index is 260. The van der Waals surface area contributed by atoms with Gasteiger partial charge in [0.05, 0.1) is 6.54 Å². The van der Waals surface area contributed by atoms with Gasteiger partial charge in [0, 0.05) is 39.6 Å². The second-order valence-electron chi connectivity index (χ2n) is 4.43. The van der Waals surface area contributed by atoms with E-state index in [2.05, 4.69) is 17.1 Å². The highest BCUT2D eigenvalue weighted by molar-refractivity contribution is 5.78. The summed E-state index contributed by atoms with van der Waals surface area (Å²) in [6.45, 7) is 5.62. The van der Waals surface area contributed by atoms with Crippen LogP contribution in [-0.4, -0.2) is 61.4 Å². The van der Waals surface area contributed by atoms with Crippen LogP contribution in [0.4, 0.5) is 0 Å². The van der Waals surface area contributed by atoms with Crippen LogP contribution in [0.2, 0.25) is 0 Å². The van der Waals surface area contributed by atoms with Crippen molar-refractivity contribution in [2.45, 2.75) is 26.2 Å². The average molecular weight is 241 g/mol. The maximum absolute atomic E-state index is 11.8. The Morgan fingerprint density at radius 3 is 2.35 bits per heavy atom. The molecule has 1 rings (SSSR count). The van der Waals surface area contributed by atoms with E-state index in [0.717, 1.165) is 39.0 Å². The fraction of sp³-hybridized carbons (Fsp3) is 0.833. The molecule has 0 aromatic heterocycles. The summed E-state index contributed by atoms with van der Waals surface area (Å²) < 4.78 is 0. The second kappa shape index (κ2) is 7.27. The molecule has 1 saturated heterocycles. The molecule has 0 aromatic rings. The lowest BCUT2D eigenvalue weighted by Crippen LogP contribution is -2.50. The van der Waals surface area contributed by atoms with Gasteiger partial charge in [-0.2, -0.15) is 0 Å². The third-order valence-corrected chi connectivity index (χ3v) is 3.12. The molecule has 0 bridgehead atoms. The minimum Gasteiger partial charge on any atom is -0.358 e. The summed E-state index contributed by atoms with van der Waals surface area (Å²) in [4.78, 5) is 27.0. The summed E-state index contributed by atoms with van der Waals surface area (Å²) in [5.74, 6) is 0.294. The number of hydrogen-bond acceptors (Lipinski definition) is 3. The van der Waals surface area contributed by atoms with Gasteiger partial charge in [-0.15, -0.1) is 0 Å². The Hall–Kier alpha value is -1.10. The Labute approximate surface area is 103 Å². The minimum atomic E-state index is 0.0377. The number of piperazine rings is 1. The Kier molecular flexibility index (Phi) is 5.97. The van der Waals surface area contributed by atoms with Crippen LogP contribution in [0.1, 0.15) is 26.2 Å². The first-order chi connectivity index (χ1) is 8.17. The van der Waals surface area contributed by atoms with Crippen LogP contribution in [0.25, 0.3) is 0 Å². The van der Waals surface area contributed by atoms with E-state index in [-0.39, 0.29) is 11.8 Å². The van der Waals surface area contributed by atoms with Crippen molar-refractivity contribution in [1.29, 1.82) is 0 Å². The molecule has 1 fully saturated rings. The van der Waals surface area contributed by atoms with Gasteiger partial charge in [-0.1, -0.05) is 13.3 Å². The SMILES string of the molecule is CCCCC(=O)N1CCN(CC(=O)NC)CC1. The zero-order valence-corrected chi connectivity index (χ0v) is 10.9. The first kappa shape index (κ1) is 14.0. The quantitative estimate of drug-likeness (QED) is 0.741. The Balaban J connectivity index is 2.25. The molecule has 0 radical (unpaired) electrons. The molecule has 5 nitrogen and oxygen atoms in total. The highest BCUT2D eigenvalue weighted by Crippen LogP contribution is 2.05. The molecule has 1 aliphatic heterocycles. The summed E-state index contributed by atoms with van der Waals surface area (Å²) >= 11 is 0. The molecule has 1 aliphatic rings. The van der Waals surface area contributed by atoms with E-state index in [1.54, 1.807) is 7.05 Å². The lowest BCUT2D eigenvalue weighted by molar-refractivity contribution is -0.133. The van der Waals surface area contributed by atoms with Crippen LogP contribution in [0.3, 0.4) is 0 Å². The van der Waals surface area contributed by atoms with Gasteiger partial charge in [0.1, 0.15) is 0 Å².